The van der Waals surface area contributed by atoms with Gasteiger partial charge in [-0.3, -0.25) is 4.79 Å². The molecule has 0 amide bonds. The van der Waals surface area contributed by atoms with Crippen LogP contribution in [-0.2, 0) is 9.53 Å². The zero-order chi connectivity index (χ0) is 10.5. The van der Waals surface area contributed by atoms with Gasteiger partial charge in [0.2, 0.25) is 0 Å². The van der Waals surface area contributed by atoms with Gasteiger partial charge in [-0.2, -0.15) is 0 Å². The molecule has 0 aliphatic heterocycles. The number of hydrogen-bond donors (Lipinski definition) is 2. The monoisotopic (exact) mass is 228 g/mol. The van der Waals surface area contributed by atoms with Crippen LogP contribution in [0.4, 0.5) is 0 Å². The van der Waals surface area contributed by atoms with E-state index >= 15 is 0 Å². The molecule has 4 nitrogen and oxygen atoms in total. The first-order valence-electron chi connectivity index (χ1n) is 3.84. The Hall–Kier alpha value is -0.0300. The molecule has 0 aromatic carbocycles. The van der Waals surface area contributed by atoms with E-state index in [1.165, 1.54) is 7.11 Å². The number of carbonyl (C=O) groups excluding carboxylic acids is 1. The fourth-order valence-electron chi connectivity index (χ4n) is 0.870. The summed E-state index contributed by atoms with van der Waals surface area (Å²) in [5.41, 5.74) is 10.7. The molecule has 1 atom stereocenters. The number of methoxy groups -OCH3 is 1. The number of esters is 1. The maximum atomic E-state index is 10.9. The van der Waals surface area contributed by atoms with Crippen molar-refractivity contribution in [2.24, 2.45) is 11.5 Å². The second-order valence-corrected chi connectivity index (χ2v) is 4.37. The van der Waals surface area contributed by atoms with Gasteiger partial charge in [-0.15, -0.1) is 23.2 Å². The number of halogens is 2. The molecule has 0 rings (SSSR count). The molecule has 0 spiro atoms. The van der Waals surface area contributed by atoms with E-state index in [4.69, 9.17) is 34.7 Å². The first kappa shape index (κ1) is 13.0. The van der Waals surface area contributed by atoms with Crippen molar-refractivity contribution in [3.8, 4) is 0 Å². The van der Waals surface area contributed by atoms with Gasteiger partial charge in [0.05, 0.1) is 7.11 Å². The second-order valence-electron chi connectivity index (χ2n) is 2.73. The van der Waals surface area contributed by atoms with Crippen LogP contribution in [0.5, 0.6) is 0 Å². The van der Waals surface area contributed by atoms with E-state index in [0.717, 1.165) is 0 Å². The van der Waals surface area contributed by atoms with Crippen LogP contribution in [0.3, 0.4) is 0 Å². The predicted octanol–water partition coefficient (Wildman–Crippen LogP) is 0.399. The molecule has 0 unspecified atom stereocenters. The van der Waals surface area contributed by atoms with Gasteiger partial charge in [0.25, 0.3) is 0 Å². The molecule has 4 N–H and O–H groups in total. The summed E-state index contributed by atoms with van der Waals surface area (Å²) in [4.78, 5) is 10.9. The van der Waals surface area contributed by atoms with Crippen LogP contribution in [0.2, 0.25) is 0 Å². The Balaban J connectivity index is 4.02. The molecule has 0 bridgehead atoms. The van der Waals surface area contributed by atoms with Gasteiger partial charge in [-0.05, 0) is 13.0 Å². The molecule has 0 saturated heterocycles. The van der Waals surface area contributed by atoms with Crippen LogP contribution < -0.4 is 11.5 Å². The van der Waals surface area contributed by atoms with Crippen molar-refractivity contribution in [1.82, 2.24) is 0 Å². The molecule has 78 valence electrons. The fraction of sp³-hybridized carbons (Fsp3) is 0.857. The number of rotatable bonds is 5. The molecule has 0 radical (unpaired) electrons. The molecule has 0 fully saturated rings. The molecule has 0 aliphatic carbocycles. The lowest BCUT2D eigenvalue weighted by molar-refractivity contribution is -0.142. The molecule has 13 heavy (non-hydrogen) atoms. The zero-order valence-corrected chi connectivity index (χ0v) is 8.94. The van der Waals surface area contributed by atoms with Crippen molar-refractivity contribution in [1.29, 1.82) is 0 Å². The molecule has 0 heterocycles. The highest BCUT2D eigenvalue weighted by Gasteiger charge is 2.29. The molecule has 0 aliphatic rings. The molecular formula is C7H14Cl2N2O2. The van der Waals surface area contributed by atoms with Crippen LogP contribution >= 0.6 is 23.2 Å². The van der Waals surface area contributed by atoms with E-state index in [1.807, 2.05) is 0 Å². The SMILES string of the molecule is COC(=O)[C@@H](N)CC(Cl)(Cl)CCN. The lowest BCUT2D eigenvalue weighted by Crippen LogP contribution is -2.37. The molecule has 6 heteroatoms. The summed E-state index contributed by atoms with van der Waals surface area (Å²) in [5.74, 6) is -0.525. The highest BCUT2D eigenvalue weighted by Crippen LogP contribution is 2.29. The number of hydrogen-bond acceptors (Lipinski definition) is 4. The van der Waals surface area contributed by atoms with Crippen molar-refractivity contribution in [3.05, 3.63) is 0 Å². The summed E-state index contributed by atoms with van der Waals surface area (Å²) in [6.07, 6.45) is 0.529. The topological polar surface area (TPSA) is 78.3 Å². The normalized spacial score (nSPS) is 13.9. The minimum Gasteiger partial charge on any atom is -0.468 e. The highest BCUT2D eigenvalue weighted by molar-refractivity contribution is 6.48. The smallest absolute Gasteiger partial charge is 0.322 e. The summed E-state index contributed by atoms with van der Waals surface area (Å²) < 4.78 is 3.37. The summed E-state index contributed by atoms with van der Waals surface area (Å²) in [7, 11) is 1.26. The van der Waals surface area contributed by atoms with Crippen molar-refractivity contribution in [2.75, 3.05) is 13.7 Å². The van der Waals surface area contributed by atoms with Crippen molar-refractivity contribution >= 4 is 29.2 Å². The van der Waals surface area contributed by atoms with Crippen molar-refractivity contribution < 1.29 is 9.53 Å². The Morgan fingerprint density at radius 3 is 2.54 bits per heavy atom. The molecule has 0 aromatic heterocycles. The number of carbonyl (C=O) groups is 1. The van der Waals surface area contributed by atoms with Crippen LogP contribution in [0.25, 0.3) is 0 Å². The third kappa shape index (κ3) is 5.31. The van der Waals surface area contributed by atoms with Crippen molar-refractivity contribution in [2.45, 2.75) is 23.2 Å². The third-order valence-electron chi connectivity index (χ3n) is 1.53. The van der Waals surface area contributed by atoms with Crippen LogP contribution in [0, 0.1) is 0 Å². The quantitative estimate of drug-likeness (QED) is 0.528. The van der Waals surface area contributed by atoms with Gasteiger partial charge in [0.15, 0.2) is 0 Å². The average molecular weight is 229 g/mol. The van der Waals surface area contributed by atoms with Gasteiger partial charge in [-0.25, -0.2) is 0 Å². The Morgan fingerprint density at radius 1 is 1.62 bits per heavy atom. The maximum absolute atomic E-state index is 10.9. The molecular weight excluding hydrogens is 215 g/mol. The van der Waals surface area contributed by atoms with Gasteiger partial charge in [0, 0.05) is 6.42 Å². The first-order chi connectivity index (χ1) is 5.93. The summed E-state index contributed by atoms with van der Waals surface area (Å²) in [6, 6.07) is -0.799. The zero-order valence-electron chi connectivity index (χ0n) is 7.43. The lowest BCUT2D eigenvalue weighted by atomic mass is 10.1. The van der Waals surface area contributed by atoms with Gasteiger partial charge in [0.1, 0.15) is 10.4 Å². The summed E-state index contributed by atoms with van der Waals surface area (Å²) >= 11 is 11.7. The third-order valence-corrected chi connectivity index (χ3v) is 2.22. The number of alkyl halides is 2. The van der Waals surface area contributed by atoms with Crippen LogP contribution in [-0.4, -0.2) is 30.0 Å². The van der Waals surface area contributed by atoms with E-state index in [-0.39, 0.29) is 6.42 Å². The Bertz CT molecular complexity index is 176. The Morgan fingerprint density at radius 2 is 2.15 bits per heavy atom. The predicted molar refractivity (Wildman–Crippen MR) is 52.7 cm³/mol. The van der Waals surface area contributed by atoms with Crippen LogP contribution in [0.15, 0.2) is 0 Å². The Kier molecular flexibility index (Phi) is 5.64. The van der Waals surface area contributed by atoms with E-state index in [2.05, 4.69) is 4.74 Å². The Labute approximate surface area is 87.5 Å². The van der Waals surface area contributed by atoms with E-state index in [9.17, 15) is 4.79 Å². The minimum absolute atomic E-state index is 0.139. The number of ether oxygens (including phenoxy) is 1. The largest absolute Gasteiger partial charge is 0.468 e. The van der Waals surface area contributed by atoms with Gasteiger partial charge >= 0.3 is 5.97 Å². The lowest BCUT2D eigenvalue weighted by Gasteiger charge is -2.21. The summed E-state index contributed by atoms with van der Waals surface area (Å²) in [5, 5.41) is 0. The average Bonchev–Trinajstić information content (AvgIpc) is 2.01. The van der Waals surface area contributed by atoms with E-state index < -0.39 is 16.3 Å². The first-order valence-corrected chi connectivity index (χ1v) is 4.60. The fourth-order valence-corrected chi connectivity index (χ4v) is 1.42. The minimum atomic E-state index is -1.05. The highest BCUT2D eigenvalue weighted by atomic mass is 35.5. The van der Waals surface area contributed by atoms with Gasteiger partial charge in [-0.1, -0.05) is 0 Å². The molecule has 0 saturated carbocycles. The van der Waals surface area contributed by atoms with Gasteiger partial charge < -0.3 is 16.2 Å². The van der Waals surface area contributed by atoms with E-state index in [1.54, 1.807) is 0 Å². The van der Waals surface area contributed by atoms with E-state index in [0.29, 0.717) is 13.0 Å². The second kappa shape index (κ2) is 5.65. The summed E-state index contributed by atoms with van der Waals surface area (Å²) in [6.45, 7) is 0.348. The standard InChI is InChI=1S/C7H14Cl2N2O2/c1-13-6(12)5(11)4-7(8,9)2-3-10/h5H,2-4,10-11H2,1H3/t5-/m0/s1. The number of nitrogens with two attached hydrogens (primary N) is 2. The van der Waals surface area contributed by atoms with Crippen molar-refractivity contribution in [3.63, 3.8) is 0 Å². The van der Waals surface area contributed by atoms with Crippen LogP contribution in [0.1, 0.15) is 12.8 Å². The maximum Gasteiger partial charge on any atom is 0.322 e. The molecule has 0 aromatic rings.